The van der Waals surface area contributed by atoms with Gasteiger partial charge in [0.15, 0.2) is 0 Å². The van der Waals surface area contributed by atoms with Crippen LogP contribution in [0, 0.1) is 0 Å². The number of likely N-dealkylation sites (tertiary alicyclic amines) is 1. The molecule has 1 heterocycles. The first kappa shape index (κ1) is 27.3. The maximum Gasteiger partial charge on any atom is 0.295 e. The van der Waals surface area contributed by atoms with E-state index in [0.29, 0.717) is 35.8 Å². The first-order valence-electron chi connectivity index (χ1n) is 12.8. The number of unbranched alkanes of at least 4 members (excludes halogenated alkanes) is 1. The Bertz CT molecular complexity index is 1080. The highest BCUT2D eigenvalue weighted by molar-refractivity contribution is 6.46. The average Bonchev–Trinajstić information content (AvgIpc) is 3.16. The van der Waals surface area contributed by atoms with Gasteiger partial charge in [0.25, 0.3) is 11.7 Å². The van der Waals surface area contributed by atoms with Crippen molar-refractivity contribution in [2.24, 2.45) is 0 Å². The predicted octanol–water partition coefficient (Wildman–Crippen LogP) is 5.03. The van der Waals surface area contributed by atoms with E-state index in [-0.39, 0.29) is 11.3 Å². The third-order valence-corrected chi connectivity index (χ3v) is 6.59. The van der Waals surface area contributed by atoms with Crippen LogP contribution in [0.3, 0.4) is 0 Å². The normalized spacial score (nSPS) is 17.1. The molecule has 0 saturated carbocycles. The number of methoxy groups -OCH3 is 1. The van der Waals surface area contributed by atoms with E-state index in [4.69, 9.17) is 9.47 Å². The topological polar surface area (TPSA) is 79.3 Å². The number of carbonyl (C=O) groups excluding carboxylic acids is 2. The summed E-state index contributed by atoms with van der Waals surface area (Å²) >= 11 is 0. The van der Waals surface area contributed by atoms with Crippen molar-refractivity contribution in [1.82, 2.24) is 9.80 Å². The van der Waals surface area contributed by atoms with Crippen molar-refractivity contribution in [1.29, 1.82) is 0 Å². The van der Waals surface area contributed by atoms with Crippen LogP contribution < -0.4 is 9.47 Å². The second-order valence-corrected chi connectivity index (χ2v) is 8.88. The minimum atomic E-state index is -0.707. The van der Waals surface area contributed by atoms with Gasteiger partial charge in [-0.2, -0.15) is 0 Å². The number of amides is 1. The van der Waals surface area contributed by atoms with Crippen molar-refractivity contribution in [2.45, 2.75) is 46.1 Å². The van der Waals surface area contributed by atoms with E-state index in [1.165, 1.54) is 0 Å². The molecule has 1 N–H and O–H groups in total. The highest BCUT2D eigenvalue weighted by Crippen LogP contribution is 2.40. The van der Waals surface area contributed by atoms with Gasteiger partial charge in [-0.15, -0.1) is 0 Å². The summed E-state index contributed by atoms with van der Waals surface area (Å²) in [6.07, 6.45) is 2.65. The number of carbonyl (C=O) groups is 2. The molecule has 2 aromatic rings. The molecule has 1 amide bonds. The Kier molecular flexibility index (Phi) is 9.94. The molecule has 0 spiro atoms. The summed E-state index contributed by atoms with van der Waals surface area (Å²) in [6, 6.07) is 13.6. The summed E-state index contributed by atoms with van der Waals surface area (Å²) in [5, 5.41) is 11.4. The van der Waals surface area contributed by atoms with Gasteiger partial charge >= 0.3 is 0 Å². The summed E-state index contributed by atoms with van der Waals surface area (Å²) in [4.78, 5) is 30.4. The molecule has 0 aliphatic carbocycles. The lowest BCUT2D eigenvalue weighted by Crippen LogP contribution is -2.33. The lowest BCUT2D eigenvalue weighted by molar-refractivity contribution is -0.140. The predicted molar refractivity (Wildman–Crippen MR) is 141 cm³/mol. The van der Waals surface area contributed by atoms with Crippen molar-refractivity contribution in [3.8, 4) is 11.5 Å². The molecule has 0 radical (unpaired) electrons. The number of hydrogen-bond acceptors (Lipinski definition) is 6. The van der Waals surface area contributed by atoms with E-state index in [1.54, 1.807) is 30.2 Å². The van der Waals surface area contributed by atoms with Gasteiger partial charge < -0.3 is 24.4 Å². The molecule has 1 aliphatic rings. The van der Waals surface area contributed by atoms with Crippen LogP contribution in [0.4, 0.5) is 0 Å². The Morgan fingerprint density at radius 1 is 1.00 bits per heavy atom. The Labute approximate surface area is 214 Å². The number of benzene rings is 2. The fourth-order valence-electron chi connectivity index (χ4n) is 4.50. The number of hydrogen-bond donors (Lipinski definition) is 1. The fraction of sp³-hybridized carbons (Fsp3) is 0.448. The number of ether oxygens (including phenoxy) is 2. The fourth-order valence-corrected chi connectivity index (χ4v) is 4.50. The van der Waals surface area contributed by atoms with Crippen LogP contribution in [-0.2, 0) is 9.59 Å². The maximum absolute atomic E-state index is 13.3. The highest BCUT2D eigenvalue weighted by Gasteiger charge is 2.46. The Balaban J connectivity index is 2.01. The zero-order valence-electron chi connectivity index (χ0n) is 21.8. The van der Waals surface area contributed by atoms with Gasteiger partial charge in [-0.25, -0.2) is 0 Å². The maximum atomic E-state index is 13.3. The van der Waals surface area contributed by atoms with Crippen LogP contribution in [0.5, 0.6) is 11.5 Å². The van der Waals surface area contributed by atoms with E-state index >= 15 is 0 Å². The zero-order valence-corrected chi connectivity index (χ0v) is 21.8. The molecule has 1 aliphatic heterocycles. The molecule has 1 saturated heterocycles. The summed E-state index contributed by atoms with van der Waals surface area (Å²) in [5.74, 6) is -0.250. The molecule has 1 atom stereocenters. The second kappa shape index (κ2) is 13.1. The number of rotatable bonds is 13. The molecule has 7 nitrogen and oxygen atoms in total. The van der Waals surface area contributed by atoms with Crippen LogP contribution in [0.1, 0.15) is 57.2 Å². The Morgan fingerprint density at radius 2 is 1.72 bits per heavy atom. The van der Waals surface area contributed by atoms with Gasteiger partial charge in [-0.1, -0.05) is 51.5 Å². The van der Waals surface area contributed by atoms with Gasteiger partial charge in [0.05, 0.1) is 25.3 Å². The third-order valence-electron chi connectivity index (χ3n) is 6.59. The van der Waals surface area contributed by atoms with E-state index < -0.39 is 17.7 Å². The minimum Gasteiger partial charge on any atom is -0.507 e. The Hall–Kier alpha value is -3.32. The highest BCUT2D eigenvalue weighted by atomic mass is 16.5. The van der Waals surface area contributed by atoms with Gasteiger partial charge in [0, 0.05) is 12.1 Å². The lowest BCUT2D eigenvalue weighted by atomic mass is 9.95. The SMILES string of the molecule is CCCCOc1cccc(C(O)=C2C(=O)C(=O)N(CCCN(CC)CC)C2c2cccc(OC)c2)c1. The van der Waals surface area contributed by atoms with Crippen molar-refractivity contribution in [3.63, 3.8) is 0 Å². The minimum absolute atomic E-state index is 0.0850. The molecule has 0 aromatic heterocycles. The second-order valence-electron chi connectivity index (χ2n) is 8.88. The van der Waals surface area contributed by atoms with Crippen LogP contribution in [-0.4, -0.2) is 66.5 Å². The van der Waals surface area contributed by atoms with E-state index in [9.17, 15) is 14.7 Å². The van der Waals surface area contributed by atoms with Crippen molar-refractivity contribution in [2.75, 3.05) is 39.9 Å². The first-order chi connectivity index (χ1) is 17.4. The number of Topliss-reactive ketones (excluding diaryl/α,β-unsaturated/α-hetero) is 1. The number of aliphatic hydroxyl groups excluding tert-OH is 1. The van der Waals surface area contributed by atoms with E-state index in [2.05, 4.69) is 25.7 Å². The molecule has 1 fully saturated rings. The van der Waals surface area contributed by atoms with Crippen LogP contribution in [0.15, 0.2) is 54.1 Å². The smallest absolute Gasteiger partial charge is 0.295 e. The number of ketones is 1. The number of nitrogens with zero attached hydrogens (tertiary/aromatic N) is 2. The largest absolute Gasteiger partial charge is 0.507 e. The van der Waals surface area contributed by atoms with Crippen molar-refractivity contribution >= 4 is 17.4 Å². The molecule has 2 aromatic carbocycles. The summed E-state index contributed by atoms with van der Waals surface area (Å²) in [7, 11) is 1.57. The van der Waals surface area contributed by atoms with E-state index in [1.807, 2.05) is 30.3 Å². The lowest BCUT2D eigenvalue weighted by Gasteiger charge is -2.27. The number of aliphatic hydroxyl groups is 1. The van der Waals surface area contributed by atoms with Crippen LogP contribution in [0.25, 0.3) is 5.76 Å². The van der Waals surface area contributed by atoms with Crippen molar-refractivity contribution in [3.05, 3.63) is 65.2 Å². The molecule has 7 heteroatoms. The molecule has 36 heavy (non-hydrogen) atoms. The Morgan fingerprint density at radius 3 is 2.42 bits per heavy atom. The molecule has 194 valence electrons. The first-order valence-corrected chi connectivity index (χ1v) is 12.8. The molecule has 0 bridgehead atoms. The molecule has 3 rings (SSSR count). The van der Waals surface area contributed by atoms with Gasteiger partial charge in [0.1, 0.15) is 17.3 Å². The average molecular weight is 495 g/mol. The zero-order chi connectivity index (χ0) is 26.1. The quantitative estimate of drug-likeness (QED) is 0.182. The third kappa shape index (κ3) is 6.26. The van der Waals surface area contributed by atoms with Gasteiger partial charge in [0.2, 0.25) is 0 Å². The van der Waals surface area contributed by atoms with E-state index in [0.717, 1.165) is 38.9 Å². The van der Waals surface area contributed by atoms with Gasteiger partial charge in [-0.05, 0) is 62.3 Å². The van der Waals surface area contributed by atoms with Crippen molar-refractivity contribution < 1.29 is 24.2 Å². The summed E-state index contributed by atoms with van der Waals surface area (Å²) in [6.45, 7) is 9.93. The molecular formula is C29H38N2O5. The van der Waals surface area contributed by atoms with Crippen LogP contribution >= 0.6 is 0 Å². The van der Waals surface area contributed by atoms with Crippen LogP contribution in [0.2, 0.25) is 0 Å². The van der Waals surface area contributed by atoms with Gasteiger partial charge in [-0.3, -0.25) is 9.59 Å². The summed E-state index contributed by atoms with van der Waals surface area (Å²) < 4.78 is 11.2. The molecular weight excluding hydrogens is 456 g/mol. The summed E-state index contributed by atoms with van der Waals surface area (Å²) in [5.41, 5.74) is 1.24. The standard InChI is InChI=1S/C29H38N2O5/c1-5-8-18-36-24-15-10-13-22(20-24)27(32)25-26(21-12-9-14-23(19-21)35-4)31(29(34)28(25)33)17-11-16-30(6-2)7-3/h9-10,12-15,19-20,26,32H,5-8,11,16-18H2,1-4H3. The molecule has 1 unspecified atom stereocenters. The monoisotopic (exact) mass is 494 g/mol.